The van der Waals surface area contributed by atoms with Crippen LogP contribution in [0.1, 0.15) is 32.3 Å². The zero-order valence-electron chi connectivity index (χ0n) is 10.1. The van der Waals surface area contributed by atoms with Crippen LogP contribution >= 0.6 is 15.9 Å². The third kappa shape index (κ3) is 4.22. The molecule has 0 radical (unpaired) electrons. The van der Waals surface area contributed by atoms with Gasteiger partial charge in [0.25, 0.3) is 0 Å². The Morgan fingerprint density at radius 2 is 2.06 bits per heavy atom. The molecule has 0 spiro atoms. The standard InChI is InChI=1S/C13H19BrFN/c1-4-5-10(2)16(3)9-11-6-12(14)8-13(15)7-11/h6-8,10H,4-5,9H2,1-3H3. The topological polar surface area (TPSA) is 3.24 Å². The van der Waals surface area contributed by atoms with E-state index in [1.165, 1.54) is 18.9 Å². The highest BCUT2D eigenvalue weighted by Gasteiger charge is 2.09. The van der Waals surface area contributed by atoms with E-state index in [1.807, 2.05) is 6.07 Å². The number of hydrogen-bond donors (Lipinski definition) is 0. The van der Waals surface area contributed by atoms with E-state index in [4.69, 9.17) is 0 Å². The van der Waals surface area contributed by atoms with E-state index in [2.05, 4.69) is 41.7 Å². The van der Waals surface area contributed by atoms with Crippen LogP contribution in [0.25, 0.3) is 0 Å². The lowest BCUT2D eigenvalue weighted by molar-refractivity contribution is 0.236. The minimum Gasteiger partial charge on any atom is -0.299 e. The average Bonchev–Trinajstić information content (AvgIpc) is 2.16. The minimum atomic E-state index is -0.180. The van der Waals surface area contributed by atoms with Gasteiger partial charge in [0, 0.05) is 17.1 Å². The van der Waals surface area contributed by atoms with Crippen LogP contribution in [0.5, 0.6) is 0 Å². The van der Waals surface area contributed by atoms with Gasteiger partial charge in [-0.1, -0.05) is 29.3 Å². The molecule has 0 bridgehead atoms. The maximum atomic E-state index is 13.2. The first kappa shape index (κ1) is 13.7. The summed E-state index contributed by atoms with van der Waals surface area (Å²) in [5, 5.41) is 0. The van der Waals surface area contributed by atoms with Crippen LogP contribution in [0.2, 0.25) is 0 Å². The minimum absolute atomic E-state index is 0.180. The van der Waals surface area contributed by atoms with E-state index >= 15 is 0 Å². The van der Waals surface area contributed by atoms with Crippen LogP contribution < -0.4 is 0 Å². The van der Waals surface area contributed by atoms with Crippen molar-refractivity contribution in [1.82, 2.24) is 4.90 Å². The summed E-state index contributed by atoms with van der Waals surface area (Å²) in [6, 6.07) is 5.59. The highest BCUT2D eigenvalue weighted by Crippen LogP contribution is 2.17. The Hall–Kier alpha value is -0.410. The van der Waals surface area contributed by atoms with Crippen molar-refractivity contribution in [1.29, 1.82) is 0 Å². The normalized spacial score (nSPS) is 13.1. The summed E-state index contributed by atoms with van der Waals surface area (Å²) in [6.07, 6.45) is 2.35. The van der Waals surface area contributed by atoms with E-state index in [0.29, 0.717) is 6.04 Å². The molecule has 1 aromatic rings. The molecule has 0 fully saturated rings. The molecule has 0 aliphatic heterocycles. The molecule has 0 heterocycles. The van der Waals surface area contributed by atoms with Crippen LogP contribution in [0.4, 0.5) is 4.39 Å². The van der Waals surface area contributed by atoms with Gasteiger partial charge in [-0.05, 0) is 44.2 Å². The highest BCUT2D eigenvalue weighted by atomic mass is 79.9. The first-order valence-electron chi connectivity index (χ1n) is 5.68. The van der Waals surface area contributed by atoms with Gasteiger partial charge in [0.15, 0.2) is 0 Å². The first-order chi connectivity index (χ1) is 7.52. The number of rotatable bonds is 5. The second kappa shape index (κ2) is 6.36. The lowest BCUT2D eigenvalue weighted by atomic mass is 10.1. The second-order valence-electron chi connectivity index (χ2n) is 4.33. The molecule has 0 saturated heterocycles. The van der Waals surface area contributed by atoms with Crippen molar-refractivity contribution in [3.05, 3.63) is 34.1 Å². The van der Waals surface area contributed by atoms with Gasteiger partial charge in [-0.2, -0.15) is 0 Å². The van der Waals surface area contributed by atoms with Gasteiger partial charge in [0.05, 0.1) is 0 Å². The quantitative estimate of drug-likeness (QED) is 0.784. The van der Waals surface area contributed by atoms with Crippen molar-refractivity contribution in [2.24, 2.45) is 0 Å². The summed E-state index contributed by atoms with van der Waals surface area (Å²) >= 11 is 3.31. The molecule has 1 unspecified atom stereocenters. The maximum absolute atomic E-state index is 13.2. The van der Waals surface area contributed by atoms with Crippen LogP contribution in [-0.4, -0.2) is 18.0 Å². The number of benzene rings is 1. The molecule has 1 atom stereocenters. The molecule has 0 aliphatic rings. The Morgan fingerprint density at radius 1 is 1.38 bits per heavy atom. The molecule has 0 aliphatic carbocycles. The molecule has 1 nitrogen and oxygen atoms in total. The van der Waals surface area contributed by atoms with Crippen molar-refractivity contribution >= 4 is 15.9 Å². The van der Waals surface area contributed by atoms with Crippen molar-refractivity contribution < 1.29 is 4.39 Å². The first-order valence-corrected chi connectivity index (χ1v) is 6.47. The van der Waals surface area contributed by atoms with E-state index < -0.39 is 0 Å². The zero-order valence-corrected chi connectivity index (χ0v) is 11.7. The summed E-state index contributed by atoms with van der Waals surface area (Å²) < 4.78 is 14.0. The fourth-order valence-corrected chi connectivity index (χ4v) is 2.30. The van der Waals surface area contributed by atoms with E-state index in [9.17, 15) is 4.39 Å². The Balaban J connectivity index is 2.65. The second-order valence-corrected chi connectivity index (χ2v) is 5.25. The molecule has 0 aromatic heterocycles. The molecule has 0 N–H and O–H groups in total. The Kier molecular flexibility index (Phi) is 5.42. The summed E-state index contributed by atoms with van der Waals surface area (Å²) in [4.78, 5) is 2.25. The van der Waals surface area contributed by atoms with Crippen LogP contribution in [-0.2, 0) is 6.54 Å². The predicted molar refractivity (Wildman–Crippen MR) is 69.9 cm³/mol. The fraction of sp³-hybridized carbons (Fsp3) is 0.538. The van der Waals surface area contributed by atoms with Gasteiger partial charge >= 0.3 is 0 Å². The molecule has 90 valence electrons. The molecular weight excluding hydrogens is 269 g/mol. The smallest absolute Gasteiger partial charge is 0.124 e. The van der Waals surface area contributed by atoms with Gasteiger partial charge < -0.3 is 0 Å². The number of nitrogens with zero attached hydrogens (tertiary/aromatic N) is 1. The zero-order chi connectivity index (χ0) is 12.1. The van der Waals surface area contributed by atoms with Gasteiger partial charge in [-0.3, -0.25) is 4.90 Å². The van der Waals surface area contributed by atoms with E-state index in [-0.39, 0.29) is 5.82 Å². The maximum Gasteiger partial charge on any atom is 0.124 e. The van der Waals surface area contributed by atoms with Crippen molar-refractivity contribution in [3.63, 3.8) is 0 Å². The van der Waals surface area contributed by atoms with Crippen LogP contribution in [0.3, 0.4) is 0 Å². The van der Waals surface area contributed by atoms with Gasteiger partial charge in [0.2, 0.25) is 0 Å². The lowest BCUT2D eigenvalue weighted by Crippen LogP contribution is -2.28. The Labute approximate surface area is 106 Å². The van der Waals surface area contributed by atoms with Crippen molar-refractivity contribution in [2.45, 2.75) is 39.3 Å². The summed E-state index contributed by atoms with van der Waals surface area (Å²) in [6.45, 7) is 5.18. The molecule has 1 rings (SSSR count). The molecule has 0 saturated carbocycles. The lowest BCUT2D eigenvalue weighted by Gasteiger charge is -2.24. The van der Waals surface area contributed by atoms with Gasteiger partial charge in [-0.25, -0.2) is 4.39 Å². The highest BCUT2D eigenvalue weighted by molar-refractivity contribution is 9.10. The van der Waals surface area contributed by atoms with Crippen molar-refractivity contribution in [2.75, 3.05) is 7.05 Å². The third-order valence-electron chi connectivity index (χ3n) is 2.81. The van der Waals surface area contributed by atoms with Crippen LogP contribution in [0, 0.1) is 5.82 Å². The average molecular weight is 288 g/mol. The summed E-state index contributed by atoms with van der Waals surface area (Å²) in [5.41, 5.74) is 1.01. The largest absolute Gasteiger partial charge is 0.299 e. The van der Waals surface area contributed by atoms with E-state index in [1.54, 1.807) is 6.07 Å². The third-order valence-corrected chi connectivity index (χ3v) is 3.27. The number of hydrogen-bond acceptors (Lipinski definition) is 1. The van der Waals surface area contributed by atoms with Gasteiger partial charge in [0.1, 0.15) is 5.82 Å². The molecule has 0 amide bonds. The molecule has 3 heteroatoms. The van der Waals surface area contributed by atoms with E-state index in [0.717, 1.165) is 16.6 Å². The fourth-order valence-electron chi connectivity index (χ4n) is 1.78. The monoisotopic (exact) mass is 287 g/mol. The molecule has 1 aromatic carbocycles. The summed E-state index contributed by atoms with van der Waals surface area (Å²) in [5.74, 6) is -0.180. The molecular formula is C13H19BrFN. The van der Waals surface area contributed by atoms with Crippen LogP contribution in [0.15, 0.2) is 22.7 Å². The SMILES string of the molecule is CCCC(C)N(C)Cc1cc(F)cc(Br)c1. The summed E-state index contributed by atoms with van der Waals surface area (Å²) in [7, 11) is 2.08. The predicted octanol–water partition coefficient (Wildman–Crippen LogP) is 4.21. The number of halogens is 2. The van der Waals surface area contributed by atoms with Crippen molar-refractivity contribution in [3.8, 4) is 0 Å². The Bertz CT molecular complexity index is 320. The van der Waals surface area contributed by atoms with Gasteiger partial charge in [-0.15, -0.1) is 0 Å². The Morgan fingerprint density at radius 3 is 2.62 bits per heavy atom. The molecule has 16 heavy (non-hydrogen) atoms.